The molecule has 0 radical (unpaired) electrons. The molecule has 4 heteroatoms. The molecule has 2 nitrogen and oxygen atoms in total. The van der Waals surface area contributed by atoms with E-state index in [-0.39, 0.29) is 0 Å². The van der Waals surface area contributed by atoms with Gasteiger partial charge in [-0.1, -0.05) is 29.8 Å². The van der Waals surface area contributed by atoms with E-state index in [9.17, 15) is 0 Å². The second kappa shape index (κ2) is 7.84. The maximum absolute atomic E-state index is 9.00. The summed E-state index contributed by atoms with van der Waals surface area (Å²) in [6, 6.07) is 17.2. The molecule has 2 rings (SSSR count). The van der Waals surface area contributed by atoms with Crippen molar-refractivity contribution in [3.63, 3.8) is 0 Å². The van der Waals surface area contributed by atoms with E-state index in [0.29, 0.717) is 11.6 Å². The van der Waals surface area contributed by atoms with Gasteiger partial charge in [-0.2, -0.15) is 17.0 Å². The molecule has 0 amide bonds. The smallest absolute Gasteiger partial charge is 0.119 e. The third-order valence-electron chi connectivity index (χ3n) is 2.71. The lowest BCUT2D eigenvalue weighted by molar-refractivity contribution is 0.344. The Morgan fingerprint density at radius 3 is 2.60 bits per heavy atom. The van der Waals surface area contributed by atoms with Crippen molar-refractivity contribution in [1.82, 2.24) is 0 Å². The first kappa shape index (κ1) is 14.8. The Labute approximate surface area is 128 Å². The molecule has 20 heavy (non-hydrogen) atoms. The summed E-state index contributed by atoms with van der Waals surface area (Å²) in [7, 11) is 0. The number of hydrogen-bond acceptors (Lipinski definition) is 3. The van der Waals surface area contributed by atoms with Crippen molar-refractivity contribution in [2.75, 3.05) is 12.4 Å². The van der Waals surface area contributed by atoms with E-state index in [1.807, 2.05) is 48.5 Å². The highest BCUT2D eigenvalue weighted by atomic mass is 35.5. The minimum absolute atomic E-state index is 0.640. The minimum Gasteiger partial charge on any atom is -0.493 e. The Kier molecular flexibility index (Phi) is 5.79. The number of halogens is 1. The average Bonchev–Trinajstić information content (AvgIpc) is 2.49. The molecule has 2 aromatic carbocycles. The van der Waals surface area contributed by atoms with Gasteiger partial charge in [0.15, 0.2) is 0 Å². The zero-order valence-corrected chi connectivity index (χ0v) is 12.5. The van der Waals surface area contributed by atoms with Crippen molar-refractivity contribution >= 4 is 23.4 Å². The van der Waals surface area contributed by atoms with E-state index in [2.05, 4.69) is 6.07 Å². The summed E-state index contributed by atoms with van der Waals surface area (Å²) in [5.41, 5.74) is 1.82. The second-order valence-corrected chi connectivity index (χ2v) is 5.67. The molecule has 102 valence electrons. The van der Waals surface area contributed by atoms with Gasteiger partial charge >= 0.3 is 0 Å². The third-order valence-corrected chi connectivity index (χ3v) is 3.93. The van der Waals surface area contributed by atoms with Gasteiger partial charge < -0.3 is 4.74 Å². The molecular formula is C16H14ClNOS. The molecule has 0 aromatic heterocycles. The predicted molar refractivity (Wildman–Crippen MR) is 84.3 cm³/mol. The molecule has 0 saturated carbocycles. The quantitative estimate of drug-likeness (QED) is 0.735. The third kappa shape index (κ3) is 4.48. The van der Waals surface area contributed by atoms with Crippen molar-refractivity contribution in [1.29, 1.82) is 5.26 Å². The maximum atomic E-state index is 9.00. The van der Waals surface area contributed by atoms with Crippen LogP contribution in [0.4, 0.5) is 0 Å². The molecule has 0 N–H and O–H groups in total. The van der Waals surface area contributed by atoms with E-state index in [1.54, 1.807) is 11.8 Å². The van der Waals surface area contributed by atoms with Gasteiger partial charge in [0.1, 0.15) is 5.75 Å². The van der Waals surface area contributed by atoms with Crippen LogP contribution in [0.15, 0.2) is 48.5 Å². The van der Waals surface area contributed by atoms with E-state index >= 15 is 0 Å². The minimum atomic E-state index is 0.640. The van der Waals surface area contributed by atoms with Crippen molar-refractivity contribution in [2.24, 2.45) is 0 Å². The summed E-state index contributed by atoms with van der Waals surface area (Å²) >= 11 is 7.56. The molecule has 0 atom stereocenters. The highest BCUT2D eigenvalue weighted by Gasteiger charge is 2.01. The normalized spacial score (nSPS) is 10.0. The predicted octanol–water partition coefficient (Wildman–Crippen LogP) is 4.52. The first-order valence-corrected chi connectivity index (χ1v) is 7.77. The standard InChI is InChI=1S/C16H14ClNOS/c17-15-5-7-16(8-6-15)19-9-10-20-12-14-4-2-1-3-13(14)11-18/h1-8H,9-10,12H2. The molecule has 0 heterocycles. The summed E-state index contributed by atoms with van der Waals surface area (Å²) in [6.45, 7) is 0.640. The van der Waals surface area contributed by atoms with Crippen molar-refractivity contribution in [3.8, 4) is 11.8 Å². The Balaban J connectivity index is 1.72. The first-order chi connectivity index (χ1) is 9.79. The summed E-state index contributed by atoms with van der Waals surface area (Å²) in [4.78, 5) is 0. The maximum Gasteiger partial charge on any atom is 0.119 e. The highest BCUT2D eigenvalue weighted by molar-refractivity contribution is 7.98. The van der Waals surface area contributed by atoms with Crippen LogP contribution in [0.2, 0.25) is 5.02 Å². The van der Waals surface area contributed by atoms with Gasteiger partial charge in [-0.05, 0) is 35.9 Å². The largest absolute Gasteiger partial charge is 0.493 e. The fourth-order valence-electron chi connectivity index (χ4n) is 1.69. The first-order valence-electron chi connectivity index (χ1n) is 6.24. The van der Waals surface area contributed by atoms with E-state index < -0.39 is 0 Å². The van der Waals surface area contributed by atoms with Gasteiger partial charge in [0.2, 0.25) is 0 Å². The van der Waals surface area contributed by atoms with E-state index in [4.69, 9.17) is 21.6 Å². The molecule has 0 unspecified atom stereocenters. The van der Waals surface area contributed by atoms with Crippen LogP contribution in [0.1, 0.15) is 11.1 Å². The van der Waals surface area contributed by atoms with Crippen LogP contribution in [0, 0.1) is 11.3 Å². The number of nitrogens with zero attached hydrogens (tertiary/aromatic N) is 1. The van der Waals surface area contributed by atoms with Crippen molar-refractivity contribution in [2.45, 2.75) is 5.75 Å². The van der Waals surface area contributed by atoms with Crippen LogP contribution in [-0.4, -0.2) is 12.4 Å². The molecule has 0 spiro atoms. The number of ether oxygens (including phenoxy) is 1. The molecule has 0 aliphatic heterocycles. The van der Waals surface area contributed by atoms with Gasteiger partial charge in [-0.25, -0.2) is 0 Å². The van der Waals surface area contributed by atoms with Gasteiger partial charge in [0, 0.05) is 16.5 Å². The van der Waals surface area contributed by atoms with Crippen molar-refractivity contribution in [3.05, 3.63) is 64.7 Å². The van der Waals surface area contributed by atoms with E-state index in [0.717, 1.165) is 28.4 Å². The Hall–Kier alpha value is -1.63. The van der Waals surface area contributed by atoms with Gasteiger partial charge in [0.05, 0.1) is 18.2 Å². The Bertz CT molecular complexity index is 592. The topological polar surface area (TPSA) is 33.0 Å². The fourth-order valence-corrected chi connectivity index (χ4v) is 2.63. The number of benzene rings is 2. The second-order valence-electron chi connectivity index (χ2n) is 4.12. The molecular weight excluding hydrogens is 290 g/mol. The number of rotatable bonds is 6. The summed E-state index contributed by atoms with van der Waals surface area (Å²) < 4.78 is 5.61. The van der Waals surface area contributed by atoms with Crippen LogP contribution in [0.3, 0.4) is 0 Å². The Morgan fingerprint density at radius 1 is 1.10 bits per heavy atom. The molecule has 2 aromatic rings. The van der Waals surface area contributed by atoms with Crippen LogP contribution in [-0.2, 0) is 5.75 Å². The number of hydrogen-bond donors (Lipinski definition) is 0. The average molecular weight is 304 g/mol. The van der Waals surface area contributed by atoms with Gasteiger partial charge in [-0.3, -0.25) is 0 Å². The zero-order chi connectivity index (χ0) is 14.2. The molecule has 0 fully saturated rings. The fraction of sp³-hybridized carbons (Fsp3) is 0.188. The number of thioether (sulfide) groups is 1. The van der Waals surface area contributed by atoms with Crippen molar-refractivity contribution < 1.29 is 4.74 Å². The lowest BCUT2D eigenvalue weighted by atomic mass is 10.1. The zero-order valence-electron chi connectivity index (χ0n) is 10.9. The van der Waals surface area contributed by atoms with E-state index in [1.165, 1.54) is 0 Å². The number of nitriles is 1. The molecule has 0 bridgehead atoms. The lowest BCUT2D eigenvalue weighted by Gasteiger charge is -2.06. The van der Waals surface area contributed by atoms with Crippen LogP contribution in [0.25, 0.3) is 0 Å². The Morgan fingerprint density at radius 2 is 1.85 bits per heavy atom. The lowest BCUT2D eigenvalue weighted by Crippen LogP contribution is -2.00. The SMILES string of the molecule is N#Cc1ccccc1CSCCOc1ccc(Cl)cc1. The van der Waals surface area contributed by atoms with Crippen LogP contribution in [0.5, 0.6) is 5.75 Å². The summed E-state index contributed by atoms with van der Waals surface area (Å²) in [5.74, 6) is 2.53. The molecule has 0 aliphatic carbocycles. The molecule has 0 saturated heterocycles. The molecule has 0 aliphatic rings. The van der Waals surface area contributed by atoms with Crippen LogP contribution < -0.4 is 4.74 Å². The van der Waals surface area contributed by atoms with Gasteiger partial charge in [0.25, 0.3) is 0 Å². The summed E-state index contributed by atoms with van der Waals surface area (Å²) in [5, 5.41) is 9.71. The van der Waals surface area contributed by atoms with Crippen LogP contribution >= 0.6 is 23.4 Å². The highest BCUT2D eigenvalue weighted by Crippen LogP contribution is 2.18. The monoisotopic (exact) mass is 303 g/mol. The summed E-state index contributed by atoms with van der Waals surface area (Å²) in [6.07, 6.45) is 0. The van der Waals surface area contributed by atoms with Gasteiger partial charge in [-0.15, -0.1) is 0 Å².